The van der Waals surface area contributed by atoms with Crippen molar-refractivity contribution in [2.45, 2.75) is 230 Å². The molecule has 0 saturated carbocycles. The summed E-state index contributed by atoms with van der Waals surface area (Å²) in [6, 6.07) is -1.16. The molecule has 11 heteroatoms. The Morgan fingerprint density at radius 1 is 0.647 bits per heavy atom. The molecule has 0 aliphatic carbocycles. The summed E-state index contributed by atoms with van der Waals surface area (Å²) in [5, 5.41) is 75.3. The molecule has 1 amide bonds. The molecule has 1 fully saturated rings. The van der Waals surface area contributed by atoms with E-state index < -0.39 is 74.2 Å². The molecule has 0 aromatic heterocycles. The minimum absolute atomic E-state index is 0.264. The lowest BCUT2D eigenvalue weighted by Crippen LogP contribution is -2.60. The molecule has 0 spiro atoms. The van der Waals surface area contributed by atoms with Crippen LogP contribution in [0.2, 0.25) is 0 Å². The van der Waals surface area contributed by atoms with Crippen molar-refractivity contribution in [3.05, 3.63) is 0 Å². The fourth-order valence-electron chi connectivity index (χ4n) is 6.80. The van der Waals surface area contributed by atoms with Crippen LogP contribution in [0.3, 0.4) is 0 Å². The quantitative estimate of drug-likeness (QED) is 0.0405. The van der Waals surface area contributed by atoms with Crippen molar-refractivity contribution in [3.8, 4) is 0 Å². The summed E-state index contributed by atoms with van der Waals surface area (Å²) in [4.78, 5) is 13.0. The molecule has 1 aliphatic heterocycles. The Balaban J connectivity index is 2.53. The topological polar surface area (TPSA) is 189 Å². The Kier molecular flexibility index (Phi) is 28.7. The molecule has 1 heterocycles. The van der Waals surface area contributed by atoms with Gasteiger partial charge in [-0.25, -0.2) is 0 Å². The molecule has 304 valence electrons. The van der Waals surface area contributed by atoms with Crippen molar-refractivity contribution in [1.82, 2.24) is 5.32 Å². The van der Waals surface area contributed by atoms with Gasteiger partial charge in [0.15, 0.2) is 6.29 Å². The number of carbonyl (C=O) groups excluding carboxylic acids is 1. The molecule has 0 aromatic carbocycles. The second-order valence-corrected chi connectivity index (χ2v) is 15.6. The van der Waals surface area contributed by atoms with E-state index in [0.29, 0.717) is 19.3 Å². The Labute approximate surface area is 309 Å². The van der Waals surface area contributed by atoms with Gasteiger partial charge in [-0.3, -0.25) is 4.79 Å². The molecular formula is C40H79NO10. The van der Waals surface area contributed by atoms with E-state index in [0.717, 1.165) is 44.4 Å². The molecular weight excluding hydrogens is 654 g/mol. The highest BCUT2D eigenvalue weighted by Crippen LogP contribution is 2.23. The fourth-order valence-corrected chi connectivity index (χ4v) is 6.80. The molecule has 51 heavy (non-hydrogen) atoms. The van der Waals surface area contributed by atoms with E-state index >= 15 is 0 Å². The number of nitrogens with one attached hydrogen (secondary N) is 1. The molecule has 1 aliphatic rings. The predicted octanol–water partition coefficient (Wildman–Crippen LogP) is 5.41. The second-order valence-electron chi connectivity index (χ2n) is 15.6. The van der Waals surface area contributed by atoms with E-state index in [1.54, 1.807) is 0 Å². The fraction of sp³-hybridized carbons (Fsp3) is 0.975. The van der Waals surface area contributed by atoms with E-state index in [1.807, 2.05) is 0 Å². The molecule has 0 aromatic rings. The Hall–Kier alpha value is -0.890. The van der Waals surface area contributed by atoms with Gasteiger partial charge in [0.05, 0.1) is 25.4 Å². The Morgan fingerprint density at radius 3 is 1.57 bits per heavy atom. The first kappa shape index (κ1) is 48.1. The average molecular weight is 734 g/mol. The third-order valence-corrected chi connectivity index (χ3v) is 10.3. The minimum atomic E-state index is -1.65. The third-order valence-electron chi connectivity index (χ3n) is 10.3. The van der Waals surface area contributed by atoms with Crippen molar-refractivity contribution in [2.24, 2.45) is 5.92 Å². The molecule has 9 atom stereocenters. The van der Waals surface area contributed by atoms with Gasteiger partial charge in [0, 0.05) is 0 Å². The smallest absolute Gasteiger partial charge is 0.249 e. The number of rotatable bonds is 33. The summed E-state index contributed by atoms with van der Waals surface area (Å²) >= 11 is 0. The normalized spacial score (nSPS) is 23.3. The lowest BCUT2D eigenvalue weighted by molar-refractivity contribution is -0.303. The molecule has 8 N–H and O–H groups in total. The van der Waals surface area contributed by atoms with Crippen LogP contribution in [0.1, 0.15) is 175 Å². The van der Waals surface area contributed by atoms with Crippen LogP contribution in [0.15, 0.2) is 0 Å². The van der Waals surface area contributed by atoms with Crippen LogP contribution in [-0.2, 0) is 14.3 Å². The van der Waals surface area contributed by atoms with Crippen molar-refractivity contribution in [2.75, 3.05) is 13.2 Å². The van der Waals surface area contributed by atoms with Crippen molar-refractivity contribution in [3.63, 3.8) is 0 Å². The van der Waals surface area contributed by atoms with Crippen LogP contribution in [0.5, 0.6) is 0 Å². The van der Waals surface area contributed by atoms with Crippen LogP contribution < -0.4 is 5.32 Å². The summed E-state index contributed by atoms with van der Waals surface area (Å²) < 4.78 is 11.0. The predicted molar refractivity (Wildman–Crippen MR) is 201 cm³/mol. The number of hydrogen-bond donors (Lipinski definition) is 8. The first-order valence-corrected chi connectivity index (χ1v) is 20.8. The van der Waals surface area contributed by atoms with Crippen LogP contribution in [0.4, 0.5) is 0 Å². The zero-order chi connectivity index (χ0) is 37.9. The van der Waals surface area contributed by atoms with Gasteiger partial charge in [-0.1, -0.05) is 162 Å². The van der Waals surface area contributed by atoms with Crippen molar-refractivity contribution in [1.29, 1.82) is 0 Å². The molecule has 11 nitrogen and oxygen atoms in total. The molecule has 1 saturated heterocycles. The van der Waals surface area contributed by atoms with E-state index in [-0.39, 0.29) is 6.42 Å². The summed E-state index contributed by atoms with van der Waals surface area (Å²) in [5.41, 5.74) is 0. The summed E-state index contributed by atoms with van der Waals surface area (Å²) in [7, 11) is 0. The second kappa shape index (κ2) is 30.4. The molecule has 1 rings (SSSR count). The van der Waals surface area contributed by atoms with Crippen molar-refractivity contribution >= 4 is 5.91 Å². The number of aliphatic hydroxyl groups is 7. The average Bonchev–Trinajstić information content (AvgIpc) is 3.11. The van der Waals surface area contributed by atoms with Crippen LogP contribution in [0, 0.1) is 5.92 Å². The number of unbranched alkanes of at least 4 members (excludes halogenated alkanes) is 19. The summed E-state index contributed by atoms with van der Waals surface area (Å²) in [6.07, 6.45) is 14.5. The Morgan fingerprint density at radius 2 is 1.10 bits per heavy atom. The highest BCUT2D eigenvalue weighted by atomic mass is 16.7. The summed E-state index contributed by atoms with van der Waals surface area (Å²) in [5.74, 6) is 0.0665. The van der Waals surface area contributed by atoms with Gasteiger partial charge in [0.2, 0.25) is 5.91 Å². The minimum Gasteiger partial charge on any atom is -0.394 e. The summed E-state index contributed by atoms with van der Waals surface area (Å²) in [6.45, 7) is 5.70. The zero-order valence-electron chi connectivity index (χ0n) is 32.5. The Bertz CT molecular complexity index is 818. The molecule has 0 radical (unpaired) electrons. The third kappa shape index (κ3) is 22.2. The van der Waals surface area contributed by atoms with E-state index in [9.17, 15) is 40.5 Å². The lowest BCUT2D eigenvalue weighted by atomic mass is 9.98. The highest BCUT2D eigenvalue weighted by molar-refractivity contribution is 5.80. The maximum Gasteiger partial charge on any atom is 0.249 e. The largest absolute Gasteiger partial charge is 0.394 e. The molecule has 0 bridgehead atoms. The van der Waals surface area contributed by atoms with Gasteiger partial charge in [-0.05, 0) is 18.8 Å². The van der Waals surface area contributed by atoms with E-state index in [4.69, 9.17) is 9.47 Å². The van der Waals surface area contributed by atoms with Gasteiger partial charge < -0.3 is 50.5 Å². The maximum atomic E-state index is 13.0. The lowest BCUT2D eigenvalue weighted by Gasteiger charge is -2.40. The monoisotopic (exact) mass is 734 g/mol. The van der Waals surface area contributed by atoms with E-state index in [1.165, 1.54) is 89.9 Å². The van der Waals surface area contributed by atoms with Gasteiger partial charge in [-0.15, -0.1) is 0 Å². The number of amides is 1. The zero-order valence-corrected chi connectivity index (χ0v) is 32.5. The van der Waals surface area contributed by atoms with Crippen molar-refractivity contribution < 1.29 is 50.0 Å². The van der Waals surface area contributed by atoms with Gasteiger partial charge >= 0.3 is 0 Å². The maximum absolute atomic E-state index is 13.0. The highest BCUT2D eigenvalue weighted by Gasteiger charge is 2.44. The first-order chi connectivity index (χ1) is 24.5. The number of ether oxygens (including phenoxy) is 2. The number of carbonyl (C=O) groups is 1. The number of aliphatic hydroxyl groups excluding tert-OH is 7. The van der Waals surface area contributed by atoms with Crippen LogP contribution >= 0.6 is 0 Å². The van der Waals surface area contributed by atoms with E-state index in [2.05, 4.69) is 26.1 Å². The van der Waals surface area contributed by atoms with Crippen LogP contribution in [-0.4, -0.2) is 110 Å². The standard InChI is InChI=1S/C40H79NO10/c1-4-5-6-7-8-9-10-11-14-18-21-24-27-33(44)39(49)41-31(29-50-40-38(48)37(47)36(46)34(28-42)51-40)35(45)32(43)26-23-20-17-15-12-13-16-19-22-25-30(2)3/h30-38,40,42-48H,4-29H2,1-3H3,(H,41,49)/t31-,32+,33+,34+,35-,36-,37-,38+,40+/m0/s1. The number of hydrogen-bond acceptors (Lipinski definition) is 10. The first-order valence-electron chi connectivity index (χ1n) is 20.8. The molecule has 0 unspecified atom stereocenters. The van der Waals surface area contributed by atoms with Gasteiger partial charge in [-0.2, -0.15) is 0 Å². The van der Waals surface area contributed by atoms with Crippen LogP contribution in [0.25, 0.3) is 0 Å². The van der Waals surface area contributed by atoms with Gasteiger partial charge in [0.25, 0.3) is 0 Å². The van der Waals surface area contributed by atoms with Gasteiger partial charge in [0.1, 0.15) is 36.6 Å². The SMILES string of the molecule is CCCCCCCCCCCCCC[C@@H](O)C(=O)N[C@@H](CO[C@@H]1O[C@H](CO)[C@H](O)[C@H](O)[C@H]1O)[C@H](O)[C@H](O)CCCCCCCCCCCC(C)C.